The molecule has 0 aliphatic heterocycles. The first-order valence-electron chi connectivity index (χ1n) is 7.86. The van der Waals surface area contributed by atoms with Gasteiger partial charge < -0.3 is 5.11 Å². The lowest BCUT2D eigenvalue weighted by Gasteiger charge is -2.08. The van der Waals surface area contributed by atoms with Crippen LogP contribution < -0.4 is 0 Å². The average molecular weight is 343 g/mol. The summed E-state index contributed by atoms with van der Waals surface area (Å²) in [6.07, 6.45) is 11.4. The Morgan fingerprint density at radius 1 is 0.905 bits per heavy atom. The van der Waals surface area contributed by atoms with Gasteiger partial charge in [-0.15, -0.1) is 12.4 Å². The van der Waals surface area contributed by atoms with Gasteiger partial charge in [-0.1, -0.05) is 64.7 Å². The van der Waals surface area contributed by atoms with E-state index in [-0.39, 0.29) is 18.2 Å². The van der Waals surface area contributed by atoms with Crippen molar-refractivity contribution >= 4 is 28.2 Å². The molecule has 0 saturated carbocycles. The second kappa shape index (κ2) is 13.4. The Balaban J connectivity index is 0. The quantitative estimate of drug-likeness (QED) is 0.509. The molecule has 0 aliphatic rings. The fraction of sp³-hybridized carbons (Fsp3) is 0.933. The number of carboxylic acid groups (broad SMARTS) is 1. The first-order valence-corrected chi connectivity index (χ1v) is 9.57. The second-order valence-corrected chi connectivity index (χ2v) is 7.97. The molecule has 0 spiro atoms. The van der Waals surface area contributed by atoms with Crippen LogP contribution in [-0.2, 0) is 14.6 Å². The van der Waals surface area contributed by atoms with Crippen molar-refractivity contribution in [1.29, 1.82) is 0 Å². The van der Waals surface area contributed by atoms with Gasteiger partial charge in [-0.2, -0.15) is 0 Å². The van der Waals surface area contributed by atoms with Crippen LogP contribution in [0.1, 0.15) is 78.1 Å². The van der Waals surface area contributed by atoms with Crippen molar-refractivity contribution in [2.75, 3.05) is 5.75 Å². The summed E-state index contributed by atoms with van der Waals surface area (Å²) in [6, 6.07) is 0. The Labute approximate surface area is 136 Å². The van der Waals surface area contributed by atoms with E-state index in [0.717, 1.165) is 19.3 Å². The fourth-order valence-electron chi connectivity index (χ4n) is 2.12. The van der Waals surface area contributed by atoms with E-state index in [4.69, 9.17) is 5.11 Å². The lowest BCUT2D eigenvalue weighted by molar-refractivity contribution is -0.136. The maximum absolute atomic E-state index is 11.6. The minimum absolute atomic E-state index is 0. The van der Waals surface area contributed by atoms with Crippen molar-refractivity contribution in [3.63, 3.8) is 0 Å². The summed E-state index contributed by atoms with van der Waals surface area (Å²) in [4.78, 5) is 10.6. The number of rotatable bonds is 13. The van der Waals surface area contributed by atoms with E-state index in [1.165, 1.54) is 45.4 Å². The molecule has 0 heterocycles. The van der Waals surface area contributed by atoms with Gasteiger partial charge in [0.05, 0.1) is 5.75 Å². The van der Waals surface area contributed by atoms with Crippen LogP contribution in [0.4, 0.5) is 0 Å². The Morgan fingerprint density at radius 3 is 1.67 bits per heavy atom. The first-order chi connectivity index (χ1) is 9.41. The SMILES string of the molecule is CCCCCCCCCCCCS(=O)(=O)C(C)C(=O)O.Cl. The third kappa shape index (κ3) is 12.0. The molecule has 0 saturated heterocycles. The number of carbonyl (C=O) groups is 1. The molecule has 0 bridgehead atoms. The molecule has 0 fully saturated rings. The third-order valence-electron chi connectivity index (χ3n) is 3.67. The highest BCUT2D eigenvalue weighted by Crippen LogP contribution is 2.12. The molecule has 128 valence electrons. The molecule has 1 N–H and O–H groups in total. The molecule has 0 aromatic rings. The van der Waals surface area contributed by atoms with Gasteiger partial charge >= 0.3 is 5.97 Å². The number of hydrogen-bond donors (Lipinski definition) is 1. The van der Waals surface area contributed by atoms with Gasteiger partial charge in [-0.25, -0.2) is 8.42 Å². The van der Waals surface area contributed by atoms with Crippen LogP contribution in [0.3, 0.4) is 0 Å². The Morgan fingerprint density at radius 2 is 1.29 bits per heavy atom. The summed E-state index contributed by atoms with van der Waals surface area (Å²) in [5.74, 6) is -1.26. The highest BCUT2D eigenvalue weighted by atomic mass is 35.5. The van der Waals surface area contributed by atoms with Gasteiger partial charge in [-0.05, 0) is 13.3 Å². The minimum atomic E-state index is -3.47. The van der Waals surface area contributed by atoms with Crippen LogP contribution >= 0.6 is 12.4 Å². The van der Waals surface area contributed by atoms with Gasteiger partial charge in [-0.3, -0.25) is 4.79 Å². The van der Waals surface area contributed by atoms with Crippen molar-refractivity contribution in [3.8, 4) is 0 Å². The number of unbranched alkanes of at least 4 members (excludes halogenated alkanes) is 9. The fourth-order valence-corrected chi connectivity index (χ4v) is 3.39. The summed E-state index contributed by atoms with van der Waals surface area (Å²) in [5.41, 5.74) is 0. The molecule has 21 heavy (non-hydrogen) atoms. The molecule has 0 aromatic heterocycles. The summed E-state index contributed by atoms with van der Waals surface area (Å²) in [5, 5.41) is 7.42. The molecule has 4 nitrogen and oxygen atoms in total. The van der Waals surface area contributed by atoms with E-state index >= 15 is 0 Å². The minimum Gasteiger partial charge on any atom is -0.480 e. The number of aliphatic carboxylic acids is 1. The van der Waals surface area contributed by atoms with Gasteiger partial charge in [0, 0.05) is 0 Å². The summed E-state index contributed by atoms with van der Waals surface area (Å²) >= 11 is 0. The average Bonchev–Trinajstić information content (AvgIpc) is 2.39. The monoisotopic (exact) mass is 342 g/mol. The van der Waals surface area contributed by atoms with Crippen LogP contribution in [0.15, 0.2) is 0 Å². The lowest BCUT2D eigenvalue weighted by atomic mass is 10.1. The third-order valence-corrected chi connectivity index (χ3v) is 5.81. The van der Waals surface area contributed by atoms with E-state index in [9.17, 15) is 13.2 Å². The normalized spacial score (nSPS) is 12.7. The first kappa shape index (κ1) is 23.0. The molecule has 6 heteroatoms. The zero-order valence-corrected chi connectivity index (χ0v) is 15.0. The summed E-state index contributed by atoms with van der Waals surface area (Å²) in [6.45, 7) is 3.45. The smallest absolute Gasteiger partial charge is 0.321 e. The maximum Gasteiger partial charge on any atom is 0.321 e. The zero-order chi connectivity index (χ0) is 15.4. The van der Waals surface area contributed by atoms with Crippen molar-refractivity contribution in [3.05, 3.63) is 0 Å². The second-order valence-electron chi connectivity index (χ2n) is 5.53. The zero-order valence-electron chi connectivity index (χ0n) is 13.3. The van der Waals surface area contributed by atoms with Crippen LogP contribution in [0.2, 0.25) is 0 Å². The largest absolute Gasteiger partial charge is 0.480 e. The van der Waals surface area contributed by atoms with E-state index in [1.54, 1.807) is 0 Å². The number of halogens is 1. The van der Waals surface area contributed by atoms with Crippen molar-refractivity contribution in [2.45, 2.75) is 83.3 Å². The van der Waals surface area contributed by atoms with Crippen molar-refractivity contribution in [2.24, 2.45) is 0 Å². The van der Waals surface area contributed by atoms with Gasteiger partial charge in [0.2, 0.25) is 0 Å². The molecule has 1 atom stereocenters. The van der Waals surface area contributed by atoms with Crippen molar-refractivity contribution < 1.29 is 18.3 Å². The van der Waals surface area contributed by atoms with Crippen molar-refractivity contribution in [1.82, 2.24) is 0 Å². The predicted molar refractivity (Wildman–Crippen MR) is 90.0 cm³/mol. The Hall–Kier alpha value is -0.290. The molecule has 0 aliphatic carbocycles. The molecule has 0 radical (unpaired) electrons. The van der Waals surface area contributed by atoms with E-state index < -0.39 is 21.1 Å². The number of carboxylic acids is 1. The standard InChI is InChI=1S/C15H30O4S.ClH/c1-3-4-5-6-7-8-9-10-11-12-13-20(18,19)14(2)15(16)17;/h14H,3-13H2,1-2H3,(H,16,17);1H. The van der Waals surface area contributed by atoms with Crippen LogP contribution in [-0.4, -0.2) is 30.5 Å². The van der Waals surface area contributed by atoms with E-state index in [2.05, 4.69) is 6.92 Å². The molecule has 0 aromatic carbocycles. The Bertz CT molecular complexity index is 355. The van der Waals surface area contributed by atoms with Crippen LogP contribution in [0.5, 0.6) is 0 Å². The highest BCUT2D eigenvalue weighted by Gasteiger charge is 2.26. The van der Waals surface area contributed by atoms with Gasteiger partial charge in [0.1, 0.15) is 0 Å². The number of sulfone groups is 1. The van der Waals surface area contributed by atoms with Crippen LogP contribution in [0.25, 0.3) is 0 Å². The predicted octanol–water partition coefficient (Wildman–Crippen LogP) is 4.22. The highest BCUT2D eigenvalue weighted by molar-refractivity contribution is 7.92. The Kier molecular flexibility index (Phi) is 14.6. The molecular formula is C15H31ClO4S. The number of hydrogen-bond acceptors (Lipinski definition) is 3. The van der Waals surface area contributed by atoms with E-state index in [1.807, 2.05) is 0 Å². The topological polar surface area (TPSA) is 71.4 Å². The lowest BCUT2D eigenvalue weighted by Crippen LogP contribution is -2.29. The molecule has 0 rings (SSSR count). The molecular weight excluding hydrogens is 312 g/mol. The summed E-state index contributed by atoms with van der Waals surface area (Å²) in [7, 11) is -3.47. The summed E-state index contributed by atoms with van der Waals surface area (Å²) < 4.78 is 23.3. The van der Waals surface area contributed by atoms with Gasteiger partial charge in [0.25, 0.3) is 0 Å². The van der Waals surface area contributed by atoms with Gasteiger partial charge in [0.15, 0.2) is 15.1 Å². The maximum atomic E-state index is 11.6. The van der Waals surface area contributed by atoms with E-state index in [0.29, 0.717) is 6.42 Å². The molecule has 0 amide bonds. The molecule has 1 unspecified atom stereocenters. The van der Waals surface area contributed by atoms with Crippen LogP contribution in [0, 0.1) is 0 Å².